The number of carbonyl (C=O) groups is 4. The third-order valence-corrected chi connectivity index (χ3v) is 6.16. The van der Waals surface area contributed by atoms with E-state index in [0.29, 0.717) is 17.9 Å². The van der Waals surface area contributed by atoms with Gasteiger partial charge in [-0.05, 0) is 78.5 Å². The molecule has 0 spiro atoms. The van der Waals surface area contributed by atoms with Crippen LogP contribution in [0, 0.1) is 22.7 Å². The number of esters is 2. The lowest BCUT2D eigenvalue weighted by Gasteiger charge is -2.31. The van der Waals surface area contributed by atoms with Crippen LogP contribution in [-0.4, -0.2) is 47.9 Å². The zero-order chi connectivity index (χ0) is 30.3. The van der Waals surface area contributed by atoms with Gasteiger partial charge in [-0.2, -0.15) is 0 Å². The maximum atomic E-state index is 12.7. The summed E-state index contributed by atoms with van der Waals surface area (Å²) in [5, 5.41) is 9.77. The Morgan fingerprint density at radius 2 is 1.38 bits per heavy atom. The summed E-state index contributed by atoms with van der Waals surface area (Å²) >= 11 is 0. The molecule has 3 unspecified atom stereocenters. The number of nitrogens with two attached hydrogens (primary N) is 1. The van der Waals surface area contributed by atoms with Crippen LogP contribution >= 0.6 is 0 Å². The van der Waals surface area contributed by atoms with Gasteiger partial charge in [0.2, 0.25) is 0 Å². The van der Waals surface area contributed by atoms with Crippen LogP contribution in [-0.2, 0) is 23.9 Å². The van der Waals surface area contributed by atoms with E-state index in [1.54, 1.807) is 61.5 Å². The lowest BCUT2D eigenvalue weighted by molar-refractivity contribution is -0.145. The van der Waals surface area contributed by atoms with E-state index in [-0.39, 0.29) is 18.1 Å². The van der Waals surface area contributed by atoms with Crippen molar-refractivity contribution in [3.8, 4) is 11.5 Å². The van der Waals surface area contributed by atoms with Crippen molar-refractivity contribution in [3.05, 3.63) is 23.8 Å². The lowest BCUT2D eigenvalue weighted by atomic mass is 9.79. The molecule has 0 aliphatic rings. The van der Waals surface area contributed by atoms with Gasteiger partial charge in [-0.1, -0.05) is 26.8 Å². The minimum atomic E-state index is -1.39. The average Bonchev–Trinajstić information content (AvgIpc) is 2.78. The molecular formula is C29H45NO9. The van der Waals surface area contributed by atoms with E-state index in [1.165, 1.54) is 12.1 Å². The monoisotopic (exact) mass is 551 g/mol. The Kier molecular flexibility index (Phi) is 12.0. The lowest BCUT2D eigenvalue weighted by Crippen LogP contribution is -2.42. The van der Waals surface area contributed by atoms with Gasteiger partial charge in [0.1, 0.15) is 12.1 Å². The molecular weight excluding hydrogens is 506 g/mol. The number of hydrogen-bond donors (Lipinski definition) is 2. The molecule has 0 bridgehead atoms. The Morgan fingerprint density at radius 3 is 1.85 bits per heavy atom. The minimum Gasteiger partial charge on any atom is -0.480 e. The number of carboxylic acid groups (broad SMARTS) is 1. The highest BCUT2D eigenvalue weighted by Crippen LogP contribution is 2.38. The van der Waals surface area contributed by atoms with E-state index in [1.807, 2.05) is 13.8 Å². The molecule has 0 heterocycles. The van der Waals surface area contributed by atoms with E-state index in [4.69, 9.17) is 24.7 Å². The second-order valence-electron chi connectivity index (χ2n) is 12.3. The number of benzene rings is 1. The summed E-state index contributed by atoms with van der Waals surface area (Å²) in [5.74, 6) is -3.57. The predicted octanol–water partition coefficient (Wildman–Crippen LogP) is 5.31. The van der Waals surface area contributed by atoms with Crippen molar-refractivity contribution in [2.75, 3.05) is 6.61 Å². The topological polar surface area (TPSA) is 151 Å². The fourth-order valence-electron chi connectivity index (χ4n) is 3.36. The molecule has 0 aliphatic heterocycles. The molecule has 0 saturated carbocycles. The van der Waals surface area contributed by atoms with Gasteiger partial charge in [0.15, 0.2) is 11.5 Å². The van der Waals surface area contributed by atoms with Crippen molar-refractivity contribution in [3.63, 3.8) is 0 Å². The highest BCUT2D eigenvalue weighted by Gasteiger charge is 2.36. The number of carbonyl (C=O) groups excluding carboxylic acids is 3. The molecule has 0 radical (unpaired) electrons. The maximum absolute atomic E-state index is 12.7. The fourth-order valence-corrected chi connectivity index (χ4v) is 3.36. The van der Waals surface area contributed by atoms with Crippen LogP contribution < -0.4 is 15.2 Å². The van der Waals surface area contributed by atoms with Gasteiger partial charge in [0, 0.05) is 11.8 Å². The van der Waals surface area contributed by atoms with Gasteiger partial charge in [-0.15, -0.1) is 0 Å². The van der Waals surface area contributed by atoms with Crippen molar-refractivity contribution in [2.45, 2.75) is 93.7 Å². The number of carboxylic acids is 1. The summed E-state index contributed by atoms with van der Waals surface area (Å²) < 4.78 is 21.7. The van der Waals surface area contributed by atoms with E-state index in [0.717, 1.165) is 0 Å². The molecule has 1 aromatic carbocycles. The van der Waals surface area contributed by atoms with Crippen LogP contribution in [0.1, 0.15) is 87.1 Å². The van der Waals surface area contributed by atoms with Crippen molar-refractivity contribution in [2.24, 2.45) is 28.4 Å². The number of hydrogen-bond acceptors (Lipinski definition) is 9. The first-order valence-corrected chi connectivity index (χ1v) is 13.2. The van der Waals surface area contributed by atoms with Crippen molar-refractivity contribution < 1.29 is 43.2 Å². The van der Waals surface area contributed by atoms with Gasteiger partial charge < -0.3 is 29.8 Å². The fraction of sp³-hybridized carbons (Fsp3) is 0.655. The average molecular weight is 552 g/mol. The molecule has 3 N–H and O–H groups in total. The normalized spacial score (nSPS) is 15.1. The van der Waals surface area contributed by atoms with Gasteiger partial charge in [0.25, 0.3) is 0 Å². The molecule has 0 aliphatic carbocycles. The molecule has 220 valence electrons. The molecule has 1 aromatic rings. The Balaban J connectivity index is 3.43. The molecule has 0 fully saturated rings. The second kappa shape index (κ2) is 13.8. The quantitative estimate of drug-likeness (QED) is 0.273. The van der Waals surface area contributed by atoms with Crippen LogP contribution in [0.5, 0.6) is 11.5 Å². The van der Waals surface area contributed by atoms with Gasteiger partial charge in [-0.25, -0.2) is 4.79 Å². The van der Waals surface area contributed by atoms with Gasteiger partial charge in [0.05, 0.1) is 17.4 Å². The summed E-state index contributed by atoms with van der Waals surface area (Å²) in [6.07, 6.45) is -0.957. The number of rotatable bonds is 11. The summed E-state index contributed by atoms with van der Waals surface area (Å²) in [6.45, 7) is 17.6. The molecule has 1 rings (SSSR count). The summed E-state index contributed by atoms with van der Waals surface area (Å²) in [7, 11) is 0. The smallest absolute Gasteiger partial charge is 0.480 e. The predicted molar refractivity (Wildman–Crippen MR) is 145 cm³/mol. The van der Waals surface area contributed by atoms with E-state index in [2.05, 4.69) is 0 Å². The molecule has 10 nitrogen and oxygen atoms in total. The third-order valence-electron chi connectivity index (χ3n) is 6.16. The van der Waals surface area contributed by atoms with Crippen LogP contribution in [0.2, 0.25) is 0 Å². The Hall–Kier alpha value is -3.14. The molecule has 0 saturated heterocycles. The molecule has 0 aromatic heterocycles. The first kappa shape index (κ1) is 33.9. The van der Waals surface area contributed by atoms with E-state index in [9.17, 15) is 24.3 Å². The van der Waals surface area contributed by atoms with Crippen LogP contribution in [0.25, 0.3) is 0 Å². The van der Waals surface area contributed by atoms with Crippen LogP contribution in [0.15, 0.2) is 18.2 Å². The minimum absolute atomic E-state index is 0.00426. The number of ether oxygens (including phenoxy) is 4. The SMILES string of the molecule is CC(C)CCOC(=O)OC(C)C(C)C(c1ccc(OC(=O)C(C)(C)C)c(OC(=O)C(C)(C)C)c1)[C@H](N)C(=O)O. The molecule has 0 amide bonds. The van der Waals surface area contributed by atoms with E-state index < -0.39 is 58.9 Å². The third kappa shape index (κ3) is 10.5. The standard InChI is InChI=1S/C29H45NO9/c1-16(2)13-14-36-27(35)37-18(4)17(3)22(23(30)24(31)32)19-11-12-20(38-25(33)28(5,6)7)21(15-19)39-26(34)29(8,9)10/h11-12,15-18,22-23H,13-14,30H2,1-10H3,(H,31,32)/t17?,18?,22?,23-/m0/s1. The molecule has 39 heavy (non-hydrogen) atoms. The number of aliphatic carboxylic acids is 1. The van der Waals surface area contributed by atoms with Gasteiger partial charge >= 0.3 is 24.1 Å². The van der Waals surface area contributed by atoms with E-state index >= 15 is 0 Å². The molecule has 10 heteroatoms. The molecule has 4 atom stereocenters. The van der Waals surface area contributed by atoms with Crippen molar-refractivity contribution in [1.82, 2.24) is 0 Å². The van der Waals surface area contributed by atoms with Crippen LogP contribution in [0.4, 0.5) is 4.79 Å². The largest absolute Gasteiger partial charge is 0.508 e. The zero-order valence-corrected chi connectivity index (χ0v) is 24.8. The Labute approximate surface area is 231 Å². The first-order chi connectivity index (χ1) is 17.7. The summed E-state index contributed by atoms with van der Waals surface area (Å²) in [5.41, 5.74) is 4.80. The first-order valence-electron chi connectivity index (χ1n) is 13.2. The van der Waals surface area contributed by atoms with Crippen LogP contribution in [0.3, 0.4) is 0 Å². The highest BCUT2D eigenvalue weighted by atomic mass is 16.7. The van der Waals surface area contributed by atoms with Crippen molar-refractivity contribution in [1.29, 1.82) is 0 Å². The van der Waals surface area contributed by atoms with Crippen molar-refractivity contribution >= 4 is 24.1 Å². The highest BCUT2D eigenvalue weighted by molar-refractivity contribution is 5.81. The maximum Gasteiger partial charge on any atom is 0.508 e. The summed E-state index contributed by atoms with van der Waals surface area (Å²) in [6, 6.07) is 3.03. The zero-order valence-electron chi connectivity index (χ0n) is 24.8. The second-order valence-corrected chi connectivity index (χ2v) is 12.3. The Morgan fingerprint density at radius 1 is 0.872 bits per heavy atom. The summed E-state index contributed by atoms with van der Waals surface area (Å²) in [4.78, 5) is 49.5. The van der Waals surface area contributed by atoms with Gasteiger partial charge in [-0.3, -0.25) is 14.4 Å². The Bertz CT molecular complexity index is 1020.